The van der Waals surface area contributed by atoms with E-state index in [2.05, 4.69) is 13.8 Å². The molecule has 2 nitrogen and oxygen atoms in total. The number of carboxylic acid groups (broad SMARTS) is 1. The molecule has 0 amide bonds. The van der Waals surface area contributed by atoms with Crippen LogP contribution in [0.25, 0.3) is 0 Å². The van der Waals surface area contributed by atoms with Gasteiger partial charge < -0.3 is 5.11 Å². The molecule has 1 unspecified atom stereocenters. The summed E-state index contributed by atoms with van der Waals surface area (Å²) in [6.45, 7) is 4.46. The normalized spacial score (nSPS) is 12.7. The van der Waals surface area contributed by atoms with Crippen LogP contribution in [-0.2, 0) is 4.79 Å². The van der Waals surface area contributed by atoms with E-state index < -0.39 is 5.97 Å². The molecule has 0 aromatic rings. The lowest BCUT2D eigenvalue weighted by atomic mass is 9.91. The van der Waals surface area contributed by atoms with Gasteiger partial charge in [0.1, 0.15) is 0 Å². The highest BCUT2D eigenvalue weighted by molar-refractivity contribution is 5.66. The highest BCUT2D eigenvalue weighted by Crippen LogP contribution is 2.21. The molecule has 0 aromatic carbocycles. The standard InChI is InChI=1S/C13H26O2/c1-3-5-9-12(8-4-2)10-6-7-11-13(14)15/h12H,3-11H2,1-2H3,(H,14,15). The monoisotopic (exact) mass is 214 g/mol. The van der Waals surface area contributed by atoms with Gasteiger partial charge in [-0.3, -0.25) is 4.79 Å². The van der Waals surface area contributed by atoms with Gasteiger partial charge in [0, 0.05) is 6.42 Å². The molecular weight excluding hydrogens is 188 g/mol. The molecule has 0 rings (SSSR count). The van der Waals surface area contributed by atoms with Gasteiger partial charge in [0.25, 0.3) is 0 Å². The molecule has 0 radical (unpaired) electrons. The fourth-order valence-electron chi connectivity index (χ4n) is 2.04. The van der Waals surface area contributed by atoms with Crippen molar-refractivity contribution in [2.45, 2.75) is 71.6 Å². The van der Waals surface area contributed by atoms with E-state index >= 15 is 0 Å². The molecule has 90 valence electrons. The van der Waals surface area contributed by atoms with Gasteiger partial charge in [-0.1, -0.05) is 58.8 Å². The summed E-state index contributed by atoms with van der Waals surface area (Å²) >= 11 is 0. The Labute approximate surface area is 94.1 Å². The maximum atomic E-state index is 10.3. The van der Waals surface area contributed by atoms with Gasteiger partial charge in [0.2, 0.25) is 0 Å². The summed E-state index contributed by atoms with van der Waals surface area (Å²) in [7, 11) is 0. The third-order valence-corrected chi connectivity index (χ3v) is 2.92. The van der Waals surface area contributed by atoms with Crippen LogP contribution in [-0.4, -0.2) is 11.1 Å². The summed E-state index contributed by atoms with van der Waals surface area (Å²) < 4.78 is 0. The van der Waals surface area contributed by atoms with Gasteiger partial charge in [0.15, 0.2) is 0 Å². The van der Waals surface area contributed by atoms with Gasteiger partial charge in [-0.05, 0) is 12.3 Å². The van der Waals surface area contributed by atoms with Crippen LogP contribution in [0.1, 0.15) is 71.6 Å². The summed E-state index contributed by atoms with van der Waals surface area (Å²) in [6.07, 6.45) is 9.99. The molecule has 0 saturated carbocycles. The zero-order chi connectivity index (χ0) is 11.5. The number of hydrogen-bond acceptors (Lipinski definition) is 1. The van der Waals surface area contributed by atoms with Crippen molar-refractivity contribution in [3.05, 3.63) is 0 Å². The minimum Gasteiger partial charge on any atom is -0.481 e. The Morgan fingerprint density at radius 3 is 2.20 bits per heavy atom. The maximum Gasteiger partial charge on any atom is 0.303 e. The summed E-state index contributed by atoms with van der Waals surface area (Å²) in [5.41, 5.74) is 0. The van der Waals surface area contributed by atoms with Crippen LogP contribution in [0.2, 0.25) is 0 Å². The Morgan fingerprint density at radius 2 is 1.67 bits per heavy atom. The van der Waals surface area contributed by atoms with Gasteiger partial charge in [0.05, 0.1) is 0 Å². The van der Waals surface area contributed by atoms with Gasteiger partial charge >= 0.3 is 5.97 Å². The molecule has 15 heavy (non-hydrogen) atoms. The lowest BCUT2D eigenvalue weighted by Gasteiger charge is -2.15. The second-order valence-corrected chi connectivity index (χ2v) is 4.44. The molecule has 0 aliphatic rings. The molecule has 0 aromatic heterocycles. The lowest BCUT2D eigenvalue weighted by molar-refractivity contribution is -0.137. The van der Waals surface area contributed by atoms with E-state index in [1.165, 1.54) is 38.5 Å². The van der Waals surface area contributed by atoms with Crippen LogP contribution < -0.4 is 0 Å². The van der Waals surface area contributed by atoms with E-state index in [0.29, 0.717) is 6.42 Å². The number of hydrogen-bond donors (Lipinski definition) is 1. The molecule has 1 N–H and O–H groups in total. The minimum atomic E-state index is -0.657. The van der Waals surface area contributed by atoms with Crippen LogP contribution in [0.15, 0.2) is 0 Å². The molecule has 0 spiro atoms. The molecule has 0 aliphatic carbocycles. The molecule has 0 bridgehead atoms. The topological polar surface area (TPSA) is 37.3 Å². The Balaban J connectivity index is 3.51. The van der Waals surface area contributed by atoms with E-state index in [1.54, 1.807) is 0 Å². The van der Waals surface area contributed by atoms with Crippen molar-refractivity contribution in [3.8, 4) is 0 Å². The van der Waals surface area contributed by atoms with Crippen molar-refractivity contribution in [1.29, 1.82) is 0 Å². The Hall–Kier alpha value is -0.530. The average molecular weight is 214 g/mol. The van der Waals surface area contributed by atoms with Crippen LogP contribution in [0.4, 0.5) is 0 Å². The quantitative estimate of drug-likeness (QED) is 0.552. The van der Waals surface area contributed by atoms with E-state index in [1.807, 2.05) is 0 Å². The zero-order valence-electron chi connectivity index (χ0n) is 10.3. The average Bonchev–Trinajstić information content (AvgIpc) is 2.20. The second-order valence-electron chi connectivity index (χ2n) is 4.44. The van der Waals surface area contributed by atoms with Crippen molar-refractivity contribution < 1.29 is 9.90 Å². The highest BCUT2D eigenvalue weighted by atomic mass is 16.4. The van der Waals surface area contributed by atoms with E-state index in [4.69, 9.17) is 5.11 Å². The predicted octanol–water partition coefficient (Wildman–Crippen LogP) is 4.24. The third-order valence-electron chi connectivity index (χ3n) is 2.92. The number of aliphatic carboxylic acids is 1. The number of unbranched alkanes of at least 4 members (excludes halogenated alkanes) is 2. The molecular formula is C13H26O2. The Bertz CT molecular complexity index is 155. The van der Waals surface area contributed by atoms with Gasteiger partial charge in [-0.15, -0.1) is 0 Å². The maximum absolute atomic E-state index is 10.3. The minimum absolute atomic E-state index is 0.340. The van der Waals surface area contributed by atoms with Gasteiger partial charge in [-0.2, -0.15) is 0 Å². The van der Waals surface area contributed by atoms with Crippen LogP contribution in [0, 0.1) is 5.92 Å². The first-order valence-electron chi connectivity index (χ1n) is 6.42. The molecule has 0 saturated heterocycles. The molecule has 1 atom stereocenters. The molecule has 2 heteroatoms. The first-order valence-corrected chi connectivity index (χ1v) is 6.42. The van der Waals surface area contributed by atoms with Crippen molar-refractivity contribution in [2.24, 2.45) is 5.92 Å². The van der Waals surface area contributed by atoms with Crippen molar-refractivity contribution in [3.63, 3.8) is 0 Å². The fourth-order valence-corrected chi connectivity index (χ4v) is 2.04. The largest absolute Gasteiger partial charge is 0.481 e. The SMILES string of the molecule is CCCCC(CCC)CCCCC(=O)O. The van der Waals surface area contributed by atoms with Crippen molar-refractivity contribution >= 4 is 5.97 Å². The highest BCUT2D eigenvalue weighted by Gasteiger charge is 2.07. The lowest BCUT2D eigenvalue weighted by Crippen LogP contribution is -2.01. The van der Waals surface area contributed by atoms with Crippen LogP contribution >= 0.6 is 0 Å². The van der Waals surface area contributed by atoms with Crippen LogP contribution in [0.3, 0.4) is 0 Å². The number of carbonyl (C=O) groups is 1. The van der Waals surface area contributed by atoms with Crippen molar-refractivity contribution in [1.82, 2.24) is 0 Å². The van der Waals surface area contributed by atoms with E-state index in [0.717, 1.165) is 18.8 Å². The third kappa shape index (κ3) is 9.77. The Morgan fingerprint density at radius 1 is 1.00 bits per heavy atom. The van der Waals surface area contributed by atoms with Gasteiger partial charge in [-0.25, -0.2) is 0 Å². The van der Waals surface area contributed by atoms with Crippen molar-refractivity contribution in [2.75, 3.05) is 0 Å². The summed E-state index contributed by atoms with van der Waals surface area (Å²) in [5.74, 6) is 0.180. The predicted molar refractivity (Wildman–Crippen MR) is 64.0 cm³/mol. The Kier molecular flexibility index (Phi) is 9.65. The first-order chi connectivity index (χ1) is 7.20. The molecule has 0 heterocycles. The number of carboxylic acids is 1. The summed E-state index contributed by atoms with van der Waals surface area (Å²) in [6, 6.07) is 0. The zero-order valence-corrected chi connectivity index (χ0v) is 10.3. The molecule has 0 aliphatic heterocycles. The summed E-state index contributed by atoms with van der Waals surface area (Å²) in [4.78, 5) is 10.3. The first kappa shape index (κ1) is 14.5. The fraction of sp³-hybridized carbons (Fsp3) is 0.923. The van der Waals surface area contributed by atoms with Crippen LogP contribution in [0.5, 0.6) is 0 Å². The second kappa shape index (κ2) is 10.0. The van der Waals surface area contributed by atoms with E-state index in [9.17, 15) is 4.79 Å². The smallest absolute Gasteiger partial charge is 0.303 e. The number of rotatable bonds is 10. The molecule has 0 fully saturated rings. The summed E-state index contributed by atoms with van der Waals surface area (Å²) in [5, 5.41) is 8.52. The van der Waals surface area contributed by atoms with E-state index in [-0.39, 0.29) is 0 Å².